The minimum absolute atomic E-state index is 0.0593. The van der Waals surface area contributed by atoms with Crippen LogP contribution < -0.4 is 10.1 Å². The molecule has 0 bridgehead atoms. The summed E-state index contributed by atoms with van der Waals surface area (Å²) in [6.45, 7) is -0.155. The molecule has 0 radical (unpaired) electrons. The standard InChI is InChI=1S/C26H24F2N4O3/c1-35-24-6-3-12-29-22(24)14-18(11-13-33)30-26(34)19-4-2-5-20(28)25(19)23-15-21(31-32-23)16-7-9-17(27)10-8-16/h2-10,12,15,18,33H,11,13-14H2,1H3,(H,30,34)(H,31,32)/t18-/m1/s1. The fraction of sp³-hybridized carbons (Fsp3) is 0.192. The molecule has 1 atom stereocenters. The van der Waals surface area contributed by atoms with Gasteiger partial charge in [0.05, 0.1) is 29.8 Å². The maximum absolute atomic E-state index is 14.9. The van der Waals surface area contributed by atoms with Gasteiger partial charge in [-0.2, -0.15) is 5.10 Å². The highest BCUT2D eigenvalue weighted by molar-refractivity contribution is 6.01. The predicted octanol–water partition coefficient (Wildman–Crippen LogP) is 4.15. The minimum atomic E-state index is -0.600. The highest BCUT2D eigenvalue weighted by atomic mass is 19.1. The number of aliphatic hydroxyl groups excluding tert-OH is 1. The molecule has 0 spiro atoms. The molecule has 4 aromatic rings. The van der Waals surface area contributed by atoms with Crippen LogP contribution in [-0.4, -0.2) is 46.0 Å². The van der Waals surface area contributed by atoms with Crippen molar-refractivity contribution in [2.45, 2.75) is 18.9 Å². The summed E-state index contributed by atoms with van der Waals surface area (Å²) in [6, 6.07) is 14.6. The van der Waals surface area contributed by atoms with Gasteiger partial charge in [0.15, 0.2) is 0 Å². The quantitative estimate of drug-likeness (QED) is 0.336. The molecule has 0 fully saturated rings. The van der Waals surface area contributed by atoms with Crippen molar-refractivity contribution in [1.29, 1.82) is 0 Å². The second-order valence-electron chi connectivity index (χ2n) is 7.88. The van der Waals surface area contributed by atoms with Crippen LogP contribution in [0.25, 0.3) is 22.5 Å². The summed E-state index contributed by atoms with van der Waals surface area (Å²) < 4.78 is 33.5. The maximum Gasteiger partial charge on any atom is 0.252 e. The molecule has 0 aliphatic rings. The molecule has 35 heavy (non-hydrogen) atoms. The Labute approximate surface area is 200 Å². The smallest absolute Gasteiger partial charge is 0.252 e. The first-order valence-electron chi connectivity index (χ1n) is 11.0. The van der Waals surface area contributed by atoms with Crippen molar-refractivity contribution in [3.63, 3.8) is 0 Å². The molecule has 1 amide bonds. The largest absolute Gasteiger partial charge is 0.495 e. The summed E-state index contributed by atoms with van der Waals surface area (Å²) in [7, 11) is 1.53. The number of methoxy groups -OCH3 is 1. The van der Waals surface area contributed by atoms with E-state index in [2.05, 4.69) is 20.5 Å². The van der Waals surface area contributed by atoms with Gasteiger partial charge in [-0.25, -0.2) is 8.78 Å². The summed E-state index contributed by atoms with van der Waals surface area (Å²) in [6.07, 6.45) is 2.21. The number of rotatable bonds is 9. The number of pyridine rings is 1. The van der Waals surface area contributed by atoms with Crippen molar-refractivity contribution in [3.8, 4) is 28.3 Å². The van der Waals surface area contributed by atoms with Gasteiger partial charge in [-0.3, -0.25) is 14.9 Å². The second kappa shape index (κ2) is 10.9. The van der Waals surface area contributed by atoms with E-state index in [4.69, 9.17) is 4.74 Å². The van der Waals surface area contributed by atoms with Crippen molar-refractivity contribution < 1.29 is 23.4 Å². The molecule has 0 aliphatic heterocycles. The Morgan fingerprint density at radius 1 is 1.14 bits per heavy atom. The van der Waals surface area contributed by atoms with E-state index in [1.807, 2.05) is 0 Å². The molecular formula is C26H24F2N4O3. The van der Waals surface area contributed by atoms with Gasteiger partial charge >= 0.3 is 0 Å². The summed E-state index contributed by atoms with van der Waals surface area (Å²) in [5.74, 6) is -0.914. The van der Waals surface area contributed by atoms with Crippen molar-refractivity contribution in [2.24, 2.45) is 0 Å². The van der Waals surface area contributed by atoms with E-state index in [0.29, 0.717) is 34.8 Å². The number of nitrogens with zero attached hydrogens (tertiary/aromatic N) is 2. The third kappa shape index (κ3) is 5.52. The number of aromatic amines is 1. The topological polar surface area (TPSA) is 100 Å². The van der Waals surface area contributed by atoms with E-state index in [1.54, 1.807) is 36.5 Å². The first kappa shape index (κ1) is 24.0. The molecule has 2 heterocycles. The molecule has 2 aromatic carbocycles. The zero-order valence-electron chi connectivity index (χ0n) is 19.0. The molecule has 0 saturated carbocycles. The van der Waals surface area contributed by atoms with Crippen molar-refractivity contribution in [2.75, 3.05) is 13.7 Å². The van der Waals surface area contributed by atoms with E-state index < -0.39 is 17.8 Å². The predicted molar refractivity (Wildman–Crippen MR) is 127 cm³/mol. The zero-order chi connectivity index (χ0) is 24.8. The number of halogens is 2. The summed E-state index contributed by atoms with van der Waals surface area (Å²) >= 11 is 0. The molecule has 7 nitrogen and oxygen atoms in total. The highest BCUT2D eigenvalue weighted by Gasteiger charge is 2.22. The van der Waals surface area contributed by atoms with Crippen molar-refractivity contribution >= 4 is 5.91 Å². The van der Waals surface area contributed by atoms with Gasteiger partial charge in [0, 0.05) is 36.4 Å². The third-order valence-corrected chi connectivity index (χ3v) is 5.57. The lowest BCUT2D eigenvalue weighted by Gasteiger charge is -2.19. The Morgan fingerprint density at radius 2 is 1.94 bits per heavy atom. The van der Waals surface area contributed by atoms with E-state index in [-0.39, 0.29) is 30.0 Å². The van der Waals surface area contributed by atoms with E-state index >= 15 is 0 Å². The van der Waals surface area contributed by atoms with Gasteiger partial charge in [0.2, 0.25) is 0 Å². The number of hydrogen-bond acceptors (Lipinski definition) is 5. The van der Waals surface area contributed by atoms with Crippen LogP contribution in [0.4, 0.5) is 8.78 Å². The van der Waals surface area contributed by atoms with Crippen LogP contribution in [0.15, 0.2) is 66.9 Å². The lowest BCUT2D eigenvalue weighted by Crippen LogP contribution is -2.37. The van der Waals surface area contributed by atoms with Crippen LogP contribution in [0, 0.1) is 11.6 Å². The third-order valence-electron chi connectivity index (χ3n) is 5.57. The molecule has 3 N–H and O–H groups in total. The molecule has 4 rings (SSSR count). The van der Waals surface area contributed by atoms with Crippen LogP contribution in [0.5, 0.6) is 5.75 Å². The lowest BCUT2D eigenvalue weighted by molar-refractivity contribution is 0.0930. The van der Waals surface area contributed by atoms with Crippen LogP contribution in [0.2, 0.25) is 0 Å². The number of aliphatic hydroxyl groups is 1. The van der Waals surface area contributed by atoms with Gasteiger partial charge in [0.25, 0.3) is 5.91 Å². The molecule has 0 aliphatic carbocycles. The summed E-state index contributed by atoms with van der Waals surface area (Å²) in [4.78, 5) is 17.6. The fourth-order valence-electron chi connectivity index (χ4n) is 3.85. The molecule has 2 aromatic heterocycles. The number of benzene rings is 2. The monoisotopic (exact) mass is 478 g/mol. The molecular weight excluding hydrogens is 454 g/mol. The van der Waals surface area contributed by atoms with Gasteiger partial charge in [0.1, 0.15) is 17.4 Å². The number of ether oxygens (including phenoxy) is 1. The number of H-pyrrole nitrogens is 1. The van der Waals surface area contributed by atoms with Gasteiger partial charge in [-0.05, 0) is 61.0 Å². The van der Waals surface area contributed by atoms with Crippen LogP contribution in [-0.2, 0) is 6.42 Å². The molecule has 0 unspecified atom stereocenters. The van der Waals surface area contributed by atoms with E-state index in [0.717, 1.165) is 0 Å². The maximum atomic E-state index is 14.9. The number of carbonyl (C=O) groups excluding carboxylic acids is 1. The summed E-state index contributed by atoms with van der Waals surface area (Å²) in [5, 5.41) is 19.4. The summed E-state index contributed by atoms with van der Waals surface area (Å²) in [5.41, 5.74) is 2.22. The molecule has 9 heteroatoms. The number of amides is 1. The van der Waals surface area contributed by atoms with Crippen LogP contribution in [0.1, 0.15) is 22.5 Å². The molecule has 180 valence electrons. The van der Waals surface area contributed by atoms with Crippen LogP contribution in [0.3, 0.4) is 0 Å². The Balaban J connectivity index is 1.61. The number of nitrogens with one attached hydrogen (secondary N) is 2. The van der Waals surface area contributed by atoms with E-state index in [9.17, 15) is 18.7 Å². The average molecular weight is 478 g/mol. The number of hydrogen-bond donors (Lipinski definition) is 3. The average Bonchev–Trinajstić information content (AvgIpc) is 3.34. The second-order valence-corrected chi connectivity index (χ2v) is 7.88. The number of aromatic nitrogens is 3. The first-order valence-corrected chi connectivity index (χ1v) is 11.0. The van der Waals surface area contributed by atoms with Crippen LogP contribution >= 0.6 is 0 Å². The van der Waals surface area contributed by atoms with Crippen molar-refractivity contribution in [3.05, 3.63) is 89.8 Å². The number of carbonyl (C=O) groups is 1. The molecule has 0 saturated heterocycles. The van der Waals surface area contributed by atoms with E-state index in [1.165, 1.54) is 37.4 Å². The SMILES string of the molecule is COc1cccnc1C[C@@H](CCO)NC(=O)c1cccc(F)c1-c1cc(-c2ccc(F)cc2)n[nH]1. The van der Waals surface area contributed by atoms with Gasteiger partial charge in [-0.1, -0.05) is 6.07 Å². The Hall–Kier alpha value is -4.11. The fourth-order valence-corrected chi connectivity index (χ4v) is 3.85. The van der Waals surface area contributed by atoms with Gasteiger partial charge < -0.3 is 15.2 Å². The first-order chi connectivity index (χ1) is 17.0. The Bertz CT molecular complexity index is 1310. The Morgan fingerprint density at radius 3 is 2.69 bits per heavy atom. The Kier molecular flexibility index (Phi) is 7.47. The normalized spacial score (nSPS) is 11.8. The zero-order valence-corrected chi connectivity index (χ0v) is 19.0. The highest BCUT2D eigenvalue weighted by Crippen LogP contribution is 2.29. The minimum Gasteiger partial charge on any atom is -0.495 e. The van der Waals surface area contributed by atoms with Crippen molar-refractivity contribution in [1.82, 2.24) is 20.5 Å². The lowest BCUT2D eigenvalue weighted by atomic mass is 10.0. The van der Waals surface area contributed by atoms with Gasteiger partial charge in [-0.15, -0.1) is 0 Å².